The van der Waals surface area contributed by atoms with Gasteiger partial charge in [0, 0.05) is 12.6 Å². The minimum Gasteiger partial charge on any atom is -0.489 e. The molecule has 0 spiro atoms. The van der Waals surface area contributed by atoms with Gasteiger partial charge >= 0.3 is 0 Å². The lowest BCUT2D eigenvalue weighted by Crippen LogP contribution is -2.25. The monoisotopic (exact) mass is 413 g/mol. The molecule has 28 heavy (non-hydrogen) atoms. The van der Waals surface area contributed by atoms with Crippen LogP contribution in [0.5, 0.6) is 5.75 Å². The average Bonchev–Trinajstić information content (AvgIpc) is 2.72. The maximum Gasteiger partial charge on any atom is 0.120 e. The van der Waals surface area contributed by atoms with Crippen molar-refractivity contribution in [3.8, 4) is 5.75 Å². The summed E-state index contributed by atoms with van der Waals surface area (Å²) in [7, 11) is 0. The number of hydrogen-bond acceptors (Lipinski definition) is 2. The van der Waals surface area contributed by atoms with Gasteiger partial charge in [0.1, 0.15) is 12.4 Å². The minimum absolute atomic E-state index is 0.445. The predicted molar refractivity (Wildman–Crippen MR) is 118 cm³/mol. The molecule has 0 amide bonds. The van der Waals surface area contributed by atoms with E-state index in [1.165, 1.54) is 11.1 Å². The van der Waals surface area contributed by atoms with Crippen LogP contribution in [-0.2, 0) is 19.6 Å². The zero-order valence-corrected chi connectivity index (χ0v) is 17.5. The summed E-state index contributed by atoms with van der Waals surface area (Å²) < 4.78 is 5.91. The molecule has 0 saturated carbocycles. The van der Waals surface area contributed by atoms with Crippen LogP contribution in [0, 0.1) is 0 Å². The van der Waals surface area contributed by atoms with Crippen LogP contribution in [0.1, 0.15) is 30.0 Å². The summed E-state index contributed by atoms with van der Waals surface area (Å²) in [4.78, 5) is 0. The molecule has 0 saturated heterocycles. The fraction of sp³-hybridized carbons (Fsp3) is 0.250. The fourth-order valence-electron chi connectivity index (χ4n) is 2.96. The molecule has 3 aromatic carbocycles. The van der Waals surface area contributed by atoms with Gasteiger partial charge in [-0.05, 0) is 60.7 Å². The minimum atomic E-state index is 0.445. The first-order chi connectivity index (χ1) is 13.6. The lowest BCUT2D eigenvalue weighted by molar-refractivity contribution is 0.306. The third-order valence-electron chi connectivity index (χ3n) is 4.65. The van der Waals surface area contributed by atoms with Crippen LogP contribution >= 0.6 is 23.2 Å². The van der Waals surface area contributed by atoms with Crippen molar-refractivity contribution in [2.75, 3.05) is 0 Å². The van der Waals surface area contributed by atoms with Gasteiger partial charge in [0.25, 0.3) is 0 Å². The summed E-state index contributed by atoms with van der Waals surface area (Å²) >= 11 is 12.0. The van der Waals surface area contributed by atoms with E-state index in [4.69, 9.17) is 27.9 Å². The normalized spacial score (nSPS) is 12.0. The molecule has 2 nitrogen and oxygen atoms in total. The first-order valence-corrected chi connectivity index (χ1v) is 10.3. The van der Waals surface area contributed by atoms with Crippen molar-refractivity contribution in [3.63, 3.8) is 0 Å². The van der Waals surface area contributed by atoms with Gasteiger partial charge in [-0.15, -0.1) is 0 Å². The Hall–Kier alpha value is -2.00. The molecule has 0 radical (unpaired) electrons. The summed E-state index contributed by atoms with van der Waals surface area (Å²) in [5.74, 6) is 0.849. The highest BCUT2D eigenvalue weighted by Gasteiger charge is 2.05. The van der Waals surface area contributed by atoms with Crippen molar-refractivity contribution in [3.05, 3.63) is 99.5 Å². The quantitative estimate of drug-likeness (QED) is 0.422. The van der Waals surface area contributed by atoms with Crippen molar-refractivity contribution >= 4 is 23.2 Å². The second kappa shape index (κ2) is 10.5. The lowest BCUT2D eigenvalue weighted by Gasteiger charge is -2.14. The number of aryl methyl sites for hydroxylation is 1. The van der Waals surface area contributed by atoms with E-state index in [1.54, 1.807) is 6.07 Å². The van der Waals surface area contributed by atoms with E-state index in [9.17, 15) is 0 Å². The molecule has 0 aliphatic rings. The van der Waals surface area contributed by atoms with Gasteiger partial charge in [-0.2, -0.15) is 0 Å². The highest BCUT2D eigenvalue weighted by Crippen LogP contribution is 2.23. The molecule has 1 atom stereocenters. The largest absolute Gasteiger partial charge is 0.489 e. The molecule has 0 fully saturated rings. The molecule has 3 rings (SSSR count). The van der Waals surface area contributed by atoms with Gasteiger partial charge in [-0.1, -0.05) is 71.7 Å². The van der Waals surface area contributed by atoms with Gasteiger partial charge in [0.2, 0.25) is 0 Å². The first kappa shape index (κ1) is 20.7. The number of halogens is 2. The van der Waals surface area contributed by atoms with E-state index >= 15 is 0 Å². The summed E-state index contributed by atoms with van der Waals surface area (Å²) in [5, 5.41) is 4.70. The van der Waals surface area contributed by atoms with Crippen molar-refractivity contribution in [1.82, 2.24) is 5.32 Å². The number of benzene rings is 3. The van der Waals surface area contributed by atoms with Gasteiger partial charge in [-0.3, -0.25) is 0 Å². The smallest absolute Gasteiger partial charge is 0.120 e. The number of hydrogen-bond donors (Lipinski definition) is 1. The van der Waals surface area contributed by atoms with Crippen LogP contribution in [0.2, 0.25) is 10.0 Å². The standard InChI is InChI=1S/C24H25Cl2NO/c1-18(10-11-19-6-3-2-4-7-19)27-16-20-8-5-9-22(14-20)28-17-21-12-13-23(25)24(26)15-21/h2-9,12-15,18,27H,10-11,16-17H2,1H3/t18-/m0/s1. The van der Waals surface area contributed by atoms with Gasteiger partial charge in [0.05, 0.1) is 10.0 Å². The Morgan fingerprint density at radius 1 is 0.821 bits per heavy atom. The summed E-state index contributed by atoms with van der Waals surface area (Å²) in [6.45, 7) is 3.51. The van der Waals surface area contributed by atoms with Crippen LogP contribution in [0.25, 0.3) is 0 Å². The molecule has 3 aromatic rings. The summed E-state index contributed by atoms with van der Waals surface area (Å²) in [6, 6.07) is 24.8. The summed E-state index contributed by atoms with van der Waals surface area (Å²) in [5.41, 5.74) is 3.58. The van der Waals surface area contributed by atoms with Crippen LogP contribution in [0.3, 0.4) is 0 Å². The number of ether oxygens (including phenoxy) is 1. The van der Waals surface area contributed by atoms with Gasteiger partial charge in [0.15, 0.2) is 0 Å². The van der Waals surface area contributed by atoms with Crippen molar-refractivity contribution < 1.29 is 4.74 Å². The second-order valence-corrected chi connectivity index (χ2v) is 7.81. The Morgan fingerprint density at radius 3 is 2.39 bits per heavy atom. The number of nitrogens with one attached hydrogen (secondary N) is 1. The first-order valence-electron chi connectivity index (χ1n) is 9.53. The van der Waals surface area contributed by atoms with E-state index in [0.29, 0.717) is 22.7 Å². The average molecular weight is 414 g/mol. The third-order valence-corrected chi connectivity index (χ3v) is 5.39. The highest BCUT2D eigenvalue weighted by atomic mass is 35.5. The number of rotatable bonds is 9. The zero-order chi connectivity index (χ0) is 19.8. The molecule has 0 aliphatic carbocycles. The predicted octanol–water partition coefficient (Wildman–Crippen LogP) is 6.68. The lowest BCUT2D eigenvalue weighted by atomic mass is 10.1. The Bertz CT molecular complexity index is 883. The third kappa shape index (κ3) is 6.56. The SMILES string of the molecule is C[C@@H](CCc1ccccc1)NCc1cccc(OCc2ccc(Cl)c(Cl)c2)c1. The molecular weight excluding hydrogens is 389 g/mol. The highest BCUT2D eigenvalue weighted by molar-refractivity contribution is 6.42. The molecule has 4 heteroatoms. The zero-order valence-electron chi connectivity index (χ0n) is 16.0. The Labute approximate surface area is 177 Å². The molecule has 146 valence electrons. The van der Waals surface area contributed by atoms with E-state index in [-0.39, 0.29) is 0 Å². The molecule has 0 bridgehead atoms. The fourth-order valence-corrected chi connectivity index (χ4v) is 3.28. The molecule has 0 unspecified atom stereocenters. The molecular formula is C24H25Cl2NO. The van der Waals surface area contributed by atoms with E-state index in [0.717, 1.165) is 30.7 Å². The van der Waals surface area contributed by atoms with Gasteiger partial charge in [-0.25, -0.2) is 0 Å². The van der Waals surface area contributed by atoms with E-state index < -0.39 is 0 Å². The molecule has 0 aromatic heterocycles. The van der Waals surface area contributed by atoms with E-state index in [2.05, 4.69) is 54.7 Å². The maximum absolute atomic E-state index is 6.06. The van der Waals surface area contributed by atoms with E-state index in [1.807, 2.05) is 24.3 Å². The van der Waals surface area contributed by atoms with Crippen LogP contribution in [-0.4, -0.2) is 6.04 Å². The molecule has 0 aliphatic heterocycles. The van der Waals surface area contributed by atoms with Crippen LogP contribution in [0.15, 0.2) is 72.8 Å². The second-order valence-electron chi connectivity index (χ2n) is 6.99. The Morgan fingerprint density at radius 2 is 1.61 bits per heavy atom. The van der Waals surface area contributed by atoms with Crippen molar-refractivity contribution in [2.24, 2.45) is 0 Å². The van der Waals surface area contributed by atoms with Crippen LogP contribution < -0.4 is 10.1 Å². The Balaban J connectivity index is 1.46. The van der Waals surface area contributed by atoms with Crippen LogP contribution in [0.4, 0.5) is 0 Å². The maximum atomic E-state index is 6.06. The summed E-state index contributed by atoms with van der Waals surface area (Å²) in [6.07, 6.45) is 2.19. The molecule has 1 N–H and O–H groups in total. The van der Waals surface area contributed by atoms with Crippen molar-refractivity contribution in [1.29, 1.82) is 0 Å². The van der Waals surface area contributed by atoms with Crippen molar-refractivity contribution in [2.45, 2.75) is 39.0 Å². The topological polar surface area (TPSA) is 21.3 Å². The van der Waals surface area contributed by atoms with Gasteiger partial charge < -0.3 is 10.1 Å². The Kier molecular flexibility index (Phi) is 7.79. The molecule has 0 heterocycles.